The molecule has 1 aliphatic carbocycles. The Kier molecular flexibility index (Phi) is 13.8. The summed E-state index contributed by atoms with van der Waals surface area (Å²) in [4.78, 5) is 63.3. The largest absolute Gasteiger partial charge is 0.460 e. The van der Waals surface area contributed by atoms with Crippen molar-refractivity contribution in [2.45, 2.75) is 80.6 Å². The third kappa shape index (κ3) is 9.08. The van der Waals surface area contributed by atoms with E-state index >= 15 is 14.4 Å². The van der Waals surface area contributed by atoms with Crippen LogP contribution in [0.5, 0.6) is 0 Å². The molecule has 11 heteroatoms. The van der Waals surface area contributed by atoms with Gasteiger partial charge in [0.15, 0.2) is 34.3 Å². The van der Waals surface area contributed by atoms with Crippen molar-refractivity contribution >= 4 is 29.3 Å². The van der Waals surface area contributed by atoms with Gasteiger partial charge in [0.2, 0.25) is 0 Å². The Morgan fingerprint density at radius 1 is 0.745 bits per heavy atom. The Morgan fingerprint density at radius 3 is 1.91 bits per heavy atom. The standard InChI is InChI=1S/C44H51N5O6/c45-36(39(52)54-30-33-20-10-5-11-21-33)31-55-44(35-24-14-7-15-25-35,37(50)26-16-2-1-3-17-27-49-41(46)47)43(34-22-12-6-13-23-34)38(51)29-42(48,40(43)53)28-32-18-8-4-9-19-32/h4-15,18-25,36H,1-3,16-17,26-31,45,48H2,(H4,46,47,49). The number of benzene rings is 4. The van der Waals surface area contributed by atoms with Crippen molar-refractivity contribution < 1.29 is 28.7 Å². The lowest BCUT2D eigenvalue weighted by Gasteiger charge is -2.46. The van der Waals surface area contributed by atoms with E-state index in [4.69, 9.17) is 32.4 Å². The van der Waals surface area contributed by atoms with Crippen molar-refractivity contribution in [3.05, 3.63) is 144 Å². The van der Waals surface area contributed by atoms with Gasteiger partial charge in [-0.05, 0) is 41.5 Å². The zero-order chi connectivity index (χ0) is 39.3. The van der Waals surface area contributed by atoms with Crippen molar-refractivity contribution in [1.29, 1.82) is 0 Å². The number of ketones is 3. The second kappa shape index (κ2) is 18.7. The summed E-state index contributed by atoms with van der Waals surface area (Å²) in [7, 11) is 0. The highest BCUT2D eigenvalue weighted by Crippen LogP contribution is 2.55. The SMILES string of the molecule is NC(N)=NCCCCCCCC(=O)C(OCC(N)C(=O)OCc1ccccc1)(c1ccccc1)C1(c2ccccc2)C(=O)CC(N)(Cc2ccccc2)C1=O. The van der Waals surface area contributed by atoms with E-state index < -0.39 is 52.5 Å². The normalized spacial score (nSPS) is 19.7. The minimum absolute atomic E-state index is 0.0256. The van der Waals surface area contributed by atoms with Gasteiger partial charge in [-0.25, -0.2) is 0 Å². The number of rotatable bonds is 20. The molecule has 288 valence electrons. The topological polar surface area (TPSA) is 203 Å². The molecule has 0 amide bonds. The minimum atomic E-state index is -2.26. The highest BCUT2D eigenvalue weighted by molar-refractivity contribution is 6.27. The Balaban J connectivity index is 1.58. The number of guanidine groups is 1. The second-order valence-electron chi connectivity index (χ2n) is 14.2. The quantitative estimate of drug-likeness (QED) is 0.0326. The molecule has 4 unspecified atom stereocenters. The van der Waals surface area contributed by atoms with Crippen LogP contribution >= 0.6 is 0 Å². The summed E-state index contributed by atoms with van der Waals surface area (Å²) in [5.74, 6) is -2.43. The fraction of sp³-hybridized carbons (Fsp3) is 0.341. The molecular formula is C44H51N5O6. The van der Waals surface area contributed by atoms with Gasteiger partial charge in [-0.1, -0.05) is 141 Å². The first-order chi connectivity index (χ1) is 26.5. The number of hydrogen-bond acceptors (Lipinski definition) is 9. The molecule has 0 radical (unpaired) electrons. The average molecular weight is 746 g/mol. The van der Waals surface area contributed by atoms with Gasteiger partial charge < -0.3 is 32.4 Å². The van der Waals surface area contributed by atoms with Crippen LogP contribution in [-0.4, -0.2) is 54.0 Å². The van der Waals surface area contributed by atoms with Crippen LogP contribution in [0.15, 0.2) is 126 Å². The number of Topliss-reactive ketones (excluding diaryl/α,β-unsaturated/α-hetero) is 3. The molecule has 1 fully saturated rings. The van der Waals surface area contributed by atoms with Crippen LogP contribution in [0.1, 0.15) is 67.2 Å². The van der Waals surface area contributed by atoms with Gasteiger partial charge >= 0.3 is 5.97 Å². The van der Waals surface area contributed by atoms with E-state index in [0.29, 0.717) is 19.4 Å². The fourth-order valence-electron chi connectivity index (χ4n) is 7.60. The lowest BCUT2D eigenvalue weighted by atomic mass is 9.58. The molecule has 0 aliphatic heterocycles. The molecule has 11 nitrogen and oxygen atoms in total. The van der Waals surface area contributed by atoms with Crippen LogP contribution in [0.2, 0.25) is 0 Å². The van der Waals surface area contributed by atoms with Crippen LogP contribution in [-0.2, 0) is 52.7 Å². The molecule has 4 aromatic carbocycles. The molecule has 1 aliphatic rings. The molecule has 0 saturated heterocycles. The van der Waals surface area contributed by atoms with E-state index in [1.54, 1.807) is 60.7 Å². The first-order valence-corrected chi connectivity index (χ1v) is 18.8. The van der Waals surface area contributed by atoms with E-state index in [0.717, 1.165) is 30.4 Å². The molecule has 4 aromatic rings. The Morgan fingerprint density at radius 2 is 1.29 bits per heavy atom. The molecule has 1 saturated carbocycles. The average Bonchev–Trinajstić information content (AvgIpc) is 3.40. The van der Waals surface area contributed by atoms with Crippen molar-refractivity contribution in [1.82, 2.24) is 0 Å². The van der Waals surface area contributed by atoms with Crippen LogP contribution in [0.4, 0.5) is 0 Å². The summed E-state index contributed by atoms with van der Waals surface area (Å²) in [6.07, 6.45) is 3.21. The molecule has 0 aromatic heterocycles. The molecule has 4 atom stereocenters. The number of ether oxygens (including phenoxy) is 2. The predicted octanol–water partition coefficient (Wildman–Crippen LogP) is 4.57. The van der Waals surface area contributed by atoms with Gasteiger partial charge in [-0.2, -0.15) is 0 Å². The number of esters is 1. The summed E-state index contributed by atoms with van der Waals surface area (Å²) < 4.78 is 12.3. The minimum Gasteiger partial charge on any atom is -0.460 e. The smallest absolute Gasteiger partial charge is 0.325 e. The maximum atomic E-state index is 15.5. The van der Waals surface area contributed by atoms with Crippen LogP contribution in [0.3, 0.4) is 0 Å². The summed E-state index contributed by atoms with van der Waals surface area (Å²) >= 11 is 0. The number of unbranched alkanes of at least 4 members (excludes halogenated alkanes) is 4. The van der Waals surface area contributed by atoms with Crippen molar-refractivity contribution in [3.8, 4) is 0 Å². The molecule has 8 N–H and O–H groups in total. The third-order valence-electron chi connectivity index (χ3n) is 10.2. The molecular weight excluding hydrogens is 695 g/mol. The van der Waals surface area contributed by atoms with Crippen molar-refractivity contribution in [2.75, 3.05) is 13.2 Å². The van der Waals surface area contributed by atoms with Gasteiger partial charge in [0.25, 0.3) is 0 Å². The van der Waals surface area contributed by atoms with E-state index in [1.807, 2.05) is 60.7 Å². The number of aliphatic imine (C=N–C) groups is 1. The maximum absolute atomic E-state index is 15.5. The molecule has 0 bridgehead atoms. The summed E-state index contributed by atoms with van der Waals surface area (Å²) in [6.45, 7) is -0.0550. The summed E-state index contributed by atoms with van der Waals surface area (Å²) in [5, 5.41) is 0. The number of hydrogen-bond donors (Lipinski definition) is 4. The zero-order valence-electron chi connectivity index (χ0n) is 31.1. The van der Waals surface area contributed by atoms with E-state index in [9.17, 15) is 4.79 Å². The van der Waals surface area contributed by atoms with Gasteiger partial charge in [-0.3, -0.25) is 24.2 Å². The van der Waals surface area contributed by atoms with E-state index in [2.05, 4.69) is 4.99 Å². The first-order valence-electron chi connectivity index (χ1n) is 18.8. The number of nitrogens with zero attached hydrogens (tertiary/aromatic N) is 1. The predicted molar refractivity (Wildman–Crippen MR) is 211 cm³/mol. The van der Waals surface area contributed by atoms with E-state index in [1.165, 1.54) is 0 Å². The molecule has 0 heterocycles. The molecule has 5 rings (SSSR count). The number of carbonyl (C=O) groups is 4. The molecule has 55 heavy (non-hydrogen) atoms. The van der Waals surface area contributed by atoms with Crippen molar-refractivity contribution in [2.24, 2.45) is 27.9 Å². The van der Waals surface area contributed by atoms with Gasteiger partial charge in [0, 0.05) is 19.4 Å². The maximum Gasteiger partial charge on any atom is 0.325 e. The number of nitrogens with two attached hydrogens (primary N) is 4. The third-order valence-corrected chi connectivity index (χ3v) is 10.2. The highest BCUT2D eigenvalue weighted by Gasteiger charge is 2.74. The fourth-order valence-corrected chi connectivity index (χ4v) is 7.60. The van der Waals surface area contributed by atoms with Gasteiger partial charge in [-0.15, -0.1) is 0 Å². The van der Waals surface area contributed by atoms with Gasteiger partial charge in [0.1, 0.15) is 12.6 Å². The van der Waals surface area contributed by atoms with Crippen LogP contribution in [0.25, 0.3) is 0 Å². The molecule has 0 spiro atoms. The van der Waals surface area contributed by atoms with Crippen LogP contribution < -0.4 is 22.9 Å². The monoisotopic (exact) mass is 745 g/mol. The Labute approximate surface area is 322 Å². The summed E-state index contributed by atoms with van der Waals surface area (Å²) in [5.41, 5.74) is 20.3. The summed E-state index contributed by atoms with van der Waals surface area (Å²) in [6, 6.07) is 34.0. The lowest BCUT2D eigenvalue weighted by molar-refractivity contribution is -0.174. The lowest BCUT2D eigenvalue weighted by Crippen LogP contribution is -2.65. The Hall–Kier alpha value is -5.49. The van der Waals surface area contributed by atoms with Gasteiger partial charge in [0.05, 0.1) is 12.1 Å². The Bertz CT molecular complexity index is 1920. The van der Waals surface area contributed by atoms with E-state index in [-0.39, 0.29) is 43.0 Å². The first kappa shape index (κ1) is 40.7. The number of carbonyl (C=O) groups excluding carboxylic acids is 4. The zero-order valence-corrected chi connectivity index (χ0v) is 31.1. The highest BCUT2D eigenvalue weighted by atomic mass is 16.5. The van der Waals surface area contributed by atoms with Crippen molar-refractivity contribution in [3.63, 3.8) is 0 Å². The second-order valence-corrected chi connectivity index (χ2v) is 14.2. The van der Waals surface area contributed by atoms with Crippen LogP contribution in [0, 0.1) is 0 Å².